The number of benzene rings is 3. The number of aliphatic carboxylic acids is 1. The Morgan fingerprint density at radius 2 is 1.73 bits per heavy atom. The number of aromatic hydroxyl groups is 3. The maximum Gasteiger partial charge on any atom is 0.355 e. The summed E-state index contributed by atoms with van der Waals surface area (Å²) < 4.78 is 11.1. The molecule has 4 aromatic rings. The number of para-hydroxylation sites is 1. The first-order valence-corrected chi connectivity index (χ1v) is 23.3. The normalized spacial score (nSPS) is 27.4. The van der Waals surface area contributed by atoms with Crippen LogP contribution in [0.15, 0.2) is 89.8 Å². The number of phenols is 3. The van der Waals surface area contributed by atoms with Crippen molar-refractivity contribution in [3.8, 4) is 23.0 Å². The minimum atomic E-state index is -3.20. The molecule has 0 radical (unpaired) electrons. The molecule has 15 N–H and O–H groups in total. The van der Waals surface area contributed by atoms with Crippen molar-refractivity contribution in [3.05, 3.63) is 113 Å². The molecule has 1 saturated heterocycles. The number of amides is 1. The minimum Gasteiger partial charge on any atom is -0.508 e. The molecule has 3 heterocycles. The topological polar surface area (TPSA) is 351 Å². The Morgan fingerprint density at radius 1 is 0.971 bits per heavy atom. The first-order valence-electron chi connectivity index (χ1n) is 23.3. The highest BCUT2D eigenvalue weighted by Crippen LogP contribution is 2.67. The Kier molecular flexibility index (Phi) is 14.3. The summed E-state index contributed by atoms with van der Waals surface area (Å²) in [7, 11) is 0. The number of hydrogen-bond acceptors (Lipinski definition) is 15. The number of carboxylic acid groups (broad SMARTS) is 1. The molecule has 9 unspecified atom stereocenters. The lowest BCUT2D eigenvalue weighted by molar-refractivity contribution is -0.422. The standard InChI is InChI=1S/C50H60N6O14/c51-47(52)54-18-6-7-31(58)13-12-28-23-49(46(66)67)42(41(28)48(16-4-1-5-17-48)33-8-2-3-9-36(33)60)32-21-37(61)38(69-50(68)45(65)44(64)43(63)39(25-57)70-50)22-34(32)56(49)40(62)15-11-27-10-14-35(59)29(19-27)20-30-24-53-26-55-30/h2-3,8-11,14-15,19,21-24,26,31,39,41-45,57-61,63-65,68H,1,4-7,12-13,16-18,20,25H2,(H,53,55)(H,66,67)(H4,51,52,54). The number of imidazole rings is 1. The highest BCUT2D eigenvalue weighted by molar-refractivity contribution is 6.13. The highest BCUT2D eigenvalue weighted by atomic mass is 16.8. The van der Waals surface area contributed by atoms with E-state index in [0.29, 0.717) is 66.5 Å². The molecule has 4 aliphatic rings. The second-order valence-corrected chi connectivity index (χ2v) is 18.7. The van der Waals surface area contributed by atoms with Crippen LogP contribution in [0, 0.1) is 5.92 Å². The van der Waals surface area contributed by atoms with E-state index in [1.165, 1.54) is 30.6 Å². The van der Waals surface area contributed by atoms with Gasteiger partial charge in [0.15, 0.2) is 29.1 Å². The number of nitrogens with one attached hydrogen (secondary N) is 1. The van der Waals surface area contributed by atoms with Gasteiger partial charge in [0.1, 0.15) is 29.8 Å². The van der Waals surface area contributed by atoms with E-state index in [9.17, 15) is 55.9 Å². The van der Waals surface area contributed by atoms with Gasteiger partial charge in [0.25, 0.3) is 5.91 Å². The molecule has 1 aromatic heterocycles. The van der Waals surface area contributed by atoms with E-state index in [4.69, 9.17) is 20.9 Å². The van der Waals surface area contributed by atoms with Gasteiger partial charge in [-0.15, -0.1) is 0 Å². The van der Waals surface area contributed by atoms with E-state index in [0.717, 1.165) is 17.4 Å². The predicted octanol–water partition coefficient (Wildman–Crippen LogP) is 2.24. The largest absolute Gasteiger partial charge is 0.508 e. The third-order valence-corrected chi connectivity index (χ3v) is 14.4. The SMILES string of the molecule is NC(N)=NCCCC(O)CCC1=CC2(C(=O)O)C(c3cc(O)c(OC4(O)OC(CO)C(O)C(O)C4O)cc3N2C(=O)C=Cc2ccc(O)c(Cc3cnc[nH]3)c2)C1C1(c2ccccc2O)CCCCC1. The monoisotopic (exact) mass is 968 g/mol. The maximum absolute atomic E-state index is 15.2. The summed E-state index contributed by atoms with van der Waals surface area (Å²) in [6, 6.07) is 13.9. The molecule has 0 bridgehead atoms. The lowest BCUT2D eigenvalue weighted by Crippen LogP contribution is -2.67. The molecule has 20 heteroatoms. The average molecular weight is 969 g/mol. The number of nitrogens with two attached hydrogens (primary N) is 2. The van der Waals surface area contributed by atoms with Gasteiger partial charge in [-0.25, -0.2) is 9.78 Å². The van der Waals surface area contributed by atoms with Crippen molar-refractivity contribution < 1.29 is 70.1 Å². The quantitative estimate of drug-likeness (QED) is 0.0180. The maximum atomic E-state index is 15.2. The molecule has 1 saturated carbocycles. The minimum absolute atomic E-state index is 0.00871. The number of hydrogen-bond donors (Lipinski definition) is 13. The Hall–Kier alpha value is -6.52. The molecule has 0 spiro atoms. The number of rotatable bonds is 17. The number of aromatic nitrogens is 2. The fourth-order valence-electron chi connectivity index (χ4n) is 11.2. The van der Waals surface area contributed by atoms with Crippen molar-refractivity contribution >= 4 is 29.6 Å². The number of carbonyl (C=O) groups is 2. The van der Waals surface area contributed by atoms with Crippen LogP contribution in [0.3, 0.4) is 0 Å². The number of H-pyrrole nitrogens is 1. The van der Waals surface area contributed by atoms with Gasteiger partial charge >= 0.3 is 11.9 Å². The van der Waals surface area contributed by atoms with E-state index >= 15 is 4.79 Å². The number of carboxylic acids is 1. The van der Waals surface area contributed by atoms with Crippen molar-refractivity contribution in [2.24, 2.45) is 22.4 Å². The highest BCUT2D eigenvalue weighted by Gasteiger charge is 2.68. The van der Waals surface area contributed by atoms with Gasteiger partial charge in [0.2, 0.25) is 0 Å². The van der Waals surface area contributed by atoms with Crippen LogP contribution in [0.4, 0.5) is 5.69 Å². The summed E-state index contributed by atoms with van der Waals surface area (Å²) in [5, 5.41) is 111. The average Bonchev–Trinajstić information content (AvgIpc) is 4.05. The van der Waals surface area contributed by atoms with Crippen LogP contribution in [-0.4, -0.2) is 134 Å². The van der Waals surface area contributed by atoms with Crippen LogP contribution in [0.1, 0.15) is 91.7 Å². The number of carbonyl (C=O) groups excluding carboxylic acids is 1. The van der Waals surface area contributed by atoms with Gasteiger partial charge in [-0.2, -0.15) is 0 Å². The molecular weight excluding hydrogens is 909 g/mol. The number of aliphatic imine (C=N–C) groups is 1. The van der Waals surface area contributed by atoms with E-state index in [2.05, 4.69) is 15.0 Å². The molecule has 2 fully saturated rings. The van der Waals surface area contributed by atoms with Crippen molar-refractivity contribution in [2.45, 2.75) is 118 Å². The summed E-state index contributed by atoms with van der Waals surface area (Å²) in [4.78, 5) is 41.9. The number of anilines is 1. The van der Waals surface area contributed by atoms with Gasteiger partial charge < -0.3 is 77.0 Å². The third kappa shape index (κ3) is 9.18. The summed E-state index contributed by atoms with van der Waals surface area (Å²) in [5.41, 5.74) is 10.8. The molecule has 9 atom stereocenters. The van der Waals surface area contributed by atoms with E-state index in [1.807, 2.05) is 6.07 Å². The number of fused-ring (bicyclic) bond motifs is 3. The fourth-order valence-corrected chi connectivity index (χ4v) is 11.2. The predicted molar refractivity (Wildman–Crippen MR) is 252 cm³/mol. The molecule has 1 amide bonds. The molecule has 8 rings (SSSR count). The number of aliphatic hydroxyl groups is 6. The van der Waals surface area contributed by atoms with Crippen LogP contribution < -0.4 is 21.1 Å². The summed E-state index contributed by atoms with van der Waals surface area (Å²) >= 11 is 0. The molecule has 20 nitrogen and oxygen atoms in total. The van der Waals surface area contributed by atoms with Crippen LogP contribution >= 0.6 is 0 Å². The van der Waals surface area contributed by atoms with E-state index < -0.39 is 89.3 Å². The van der Waals surface area contributed by atoms with Crippen molar-refractivity contribution in [2.75, 3.05) is 18.1 Å². The van der Waals surface area contributed by atoms with Crippen molar-refractivity contribution in [3.63, 3.8) is 0 Å². The number of nitrogens with zero attached hydrogens (tertiary/aromatic N) is 3. The van der Waals surface area contributed by atoms with Crippen LogP contribution in [-0.2, 0) is 26.2 Å². The van der Waals surface area contributed by atoms with Crippen molar-refractivity contribution in [1.82, 2.24) is 9.97 Å². The first kappa shape index (κ1) is 49.9. The number of aliphatic hydroxyl groups excluding tert-OH is 5. The number of guanidine groups is 1. The van der Waals surface area contributed by atoms with E-state index in [-0.39, 0.29) is 54.5 Å². The lowest BCUT2D eigenvalue weighted by Gasteiger charge is -2.48. The Labute approximate surface area is 402 Å². The van der Waals surface area contributed by atoms with Gasteiger partial charge in [-0.3, -0.25) is 14.7 Å². The lowest BCUT2D eigenvalue weighted by atomic mass is 9.55. The van der Waals surface area contributed by atoms with Gasteiger partial charge in [-0.1, -0.05) is 49.1 Å². The molecule has 70 heavy (non-hydrogen) atoms. The van der Waals surface area contributed by atoms with Gasteiger partial charge in [0, 0.05) is 59.5 Å². The van der Waals surface area contributed by atoms with Gasteiger partial charge in [0.05, 0.1) is 24.7 Å². The Bertz CT molecular complexity index is 2650. The van der Waals surface area contributed by atoms with Crippen LogP contribution in [0.25, 0.3) is 6.08 Å². The van der Waals surface area contributed by atoms with Crippen LogP contribution in [0.5, 0.6) is 23.0 Å². The third-order valence-electron chi connectivity index (χ3n) is 14.4. The number of aromatic amines is 1. The molecule has 2 aliphatic carbocycles. The number of allylic oxidation sites excluding steroid dienone is 1. The number of phenolic OH excluding ortho intramolecular Hbond substituents is 3. The summed E-state index contributed by atoms with van der Waals surface area (Å²) in [6.07, 6.45) is 3.09. The smallest absolute Gasteiger partial charge is 0.355 e. The fraction of sp³-hybridized carbons (Fsp3) is 0.440. The first-order chi connectivity index (χ1) is 33.4. The van der Waals surface area contributed by atoms with Crippen LogP contribution in [0.2, 0.25) is 0 Å². The molecule has 3 aromatic carbocycles. The molecule has 374 valence electrons. The summed E-state index contributed by atoms with van der Waals surface area (Å²) in [5.74, 6) is -8.90. The Morgan fingerprint density at radius 3 is 2.41 bits per heavy atom. The Balaban J connectivity index is 1.29. The zero-order valence-electron chi connectivity index (χ0n) is 38.2. The zero-order chi connectivity index (χ0) is 50.1. The molecular formula is C50H60N6O14. The zero-order valence-corrected chi connectivity index (χ0v) is 38.2. The van der Waals surface area contributed by atoms with Gasteiger partial charge in [-0.05, 0) is 92.0 Å². The second-order valence-electron chi connectivity index (χ2n) is 18.7. The molecule has 2 aliphatic heterocycles. The number of ether oxygens (including phenoxy) is 2. The summed E-state index contributed by atoms with van der Waals surface area (Å²) in [6.45, 7) is -0.649. The van der Waals surface area contributed by atoms with E-state index in [1.54, 1.807) is 42.6 Å². The van der Waals surface area contributed by atoms with Crippen molar-refractivity contribution in [1.29, 1.82) is 0 Å². The second kappa shape index (κ2) is 20.1.